The van der Waals surface area contributed by atoms with Crippen LogP contribution in [0.25, 0.3) is 0 Å². The summed E-state index contributed by atoms with van der Waals surface area (Å²) in [6.07, 6.45) is 1.02. The molecule has 1 rings (SSSR count). The molecule has 0 fully saturated rings. The van der Waals surface area contributed by atoms with Crippen molar-refractivity contribution in [3.05, 3.63) is 23.8 Å². The molecule has 0 saturated carbocycles. The maximum absolute atomic E-state index is 12.1. The highest BCUT2D eigenvalue weighted by molar-refractivity contribution is 7.59. The van der Waals surface area contributed by atoms with Gasteiger partial charge in [-0.2, -0.15) is 0 Å². The van der Waals surface area contributed by atoms with Crippen molar-refractivity contribution in [2.75, 3.05) is 14.2 Å². The van der Waals surface area contributed by atoms with Crippen LogP contribution in [0.3, 0.4) is 0 Å². The molecule has 0 spiro atoms. The van der Waals surface area contributed by atoms with Crippen LogP contribution >= 0.6 is 8.58 Å². The van der Waals surface area contributed by atoms with Crippen molar-refractivity contribution < 1.29 is 14.3 Å². The highest BCUT2D eigenvalue weighted by Gasteiger charge is 2.15. The summed E-state index contributed by atoms with van der Waals surface area (Å²) in [7, 11) is 3.46. The fourth-order valence-corrected chi connectivity index (χ4v) is 2.40. The van der Waals surface area contributed by atoms with Gasteiger partial charge in [0, 0.05) is 6.07 Å². The first-order chi connectivity index (χ1) is 8.12. The van der Waals surface area contributed by atoms with Gasteiger partial charge in [-0.3, -0.25) is 4.79 Å². The van der Waals surface area contributed by atoms with Crippen LogP contribution in [0, 0.1) is 0 Å². The summed E-state index contributed by atoms with van der Waals surface area (Å²) in [6.45, 7) is 4.18. The summed E-state index contributed by atoms with van der Waals surface area (Å²) >= 11 is 0. The van der Waals surface area contributed by atoms with Gasteiger partial charge in [-0.25, -0.2) is 0 Å². The van der Waals surface area contributed by atoms with Crippen molar-refractivity contribution in [1.82, 2.24) is 0 Å². The summed E-state index contributed by atoms with van der Waals surface area (Å²) in [4.78, 5) is 12.1. The normalized spacial score (nSPS) is 12.7. The van der Waals surface area contributed by atoms with Crippen LogP contribution in [0.2, 0.25) is 0 Å². The third kappa shape index (κ3) is 3.71. The number of ether oxygens (including phenoxy) is 2. The Balaban J connectivity index is 2.93. The van der Waals surface area contributed by atoms with Gasteiger partial charge in [0.05, 0.1) is 19.8 Å². The van der Waals surface area contributed by atoms with Gasteiger partial charge in [0.2, 0.25) is 0 Å². The van der Waals surface area contributed by atoms with E-state index in [2.05, 4.69) is 13.8 Å². The summed E-state index contributed by atoms with van der Waals surface area (Å²) in [6, 6.07) is 5.31. The van der Waals surface area contributed by atoms with Gasteiger partial charge in [-0.1, -0.05) is 13.8 Å². The Morgan fingerprint density at radius 2 is 2.06 bits per heavy atom. The number of benzene rings is 1. The Kier molecular flexibility index (Phi) is 5.43. The molecule has 0 radical (unpaired) electrons. The van der Waals surface area contributed by atoms with Crippen LogP contribution < -0.4 is 9.47 Å². The second kappa shape index (κ2) is 6.61. The van der Waals surface area contributed by atoms with Gasteiger partial charge in [0.1, 0.15) is 11.5 Å². The minimum atomic E-state index is 0.152. The third-order valence-corrected chi connectivity index (χ3v) is 4.08. The average Bonchev–Trinajstić information content (AvgIpc) is 2.37. The molecule has 0 saturated heterocycles. The summed E-state index contributed by atoms with van der Waals surface area (Å²) in [5.74, 6) is 1.29. The van der Waals surface area contributed by atoms with Gasteiger partial charge in [-0.15, -0.1) is 0 Å². The SMILES string of the molecule is CCC(C)PC(=O)c1ccc(OC)cc1OC. The molecular formula is C13H19O3P. The minimum Gasteiger partial charge on any atom is -0.497 e. The fraction of sp³-hybridized carbons (Fsp3) is 0.462. The van der Waals surface area contributed by atoms with Crippen LogP contribution in [-0.4, -0.2) is 25.4 Å². The lowest BCUT2D eigenvalue weighted by Gasteiger charge is -2.11. The number of hydrogen-bond acceptors (Lipinski definition) is 3. The quantitative estimate of drug-likeness (QED) is 0.730. The lowest BCUT2D eigenvalue weighted by Crippen LogP contribution is -2.02. The second-order valence-electron chi connectivity index (χ2n) is 3.85. The Labute approximate surface area is 104 Å². The molecule has 17 heavy (non-hydrogen) atoms. The Hall–Kier alpha value is -1.08. The number of hydrogen-bond donors (Lipinski definition) is 0. The lowest BCUT2D eigenvalue weighted by atomic mass is 10.2. The predicted octanol–water partition coefficient (Wildman–Crippen LogP) is 3.32. The average molecular weight is 254 g/mol. The topological polar surface area (TPSA) is 35.5 Å². The maximum Gasteiger partial charge on any atom is 0.185 e. The zero-order valence-corrected chi connectivity index (χ0v) is 11.7. The van der Waals surface area contributed by atoms with Crippen LogP contribution in [0.1, 0.15) is 30.6 Å². The Bertz CT molecular complexity index is 390. The van der Waals surface area contributed by atoms with E-state index in [-0.39, 0.29) is 5.52 Å². The Morgan fingerprint density at radius 1 is 1.35 bits per heavy atom. The van der Waals surface area contributed by atoms with E-state index in [0.29, 0.717) is 31.3 Å². The zero-order chi connectivity index (χ0) is 12.8. The maximum atomic E-state index is 12.1. The van der Waals surface area contributed by atoms with E-state index in [9.17, 15) is 4.79 Å². The van der Waals surface area contributed by atoms with E-state index in [1.807, 2.05) is 0 Å². The number of carbonyl (C=O) groups is 1. The molecule has 1 aromatic rings. The molecule has 0 aliphatic heterocycles. The predicted molar refractivity (Wildman–Crippen MR) is 71.9 cm³/mol. The molecule has 0 amide bonds. The highest BCUT2D eigenvalue weighted by atomic mass is 31.1. The molecule has 2 unspecified atom stereocenters. The molecule has 0 aromatic heterocycles. The first-order valence-electron chi connectivity index (χ1n) is 5.65. The number of carbonyl (C=O) groups excluding carboxylic acids is 1. The number of methoxy groups -OCH3 is 2. The minimum absolute atomic E-state index is 0.152. The van der Waals surface area contributed by atoms with E-state index in [0.717, 1.165) is 6.42 Å². The van der Waals surface area contributed by atoms with Crippen molar-refractivity contribution in [3.63, 3.8) is 0 Å². The summed E-state index contributed by atoms with van der Waals surface area (Å²) < 4.78 is 10.3. The molecule has 0 N–H and O–H groups in total. The smallest absolute Gasteiger partial charge is 0.185 e. The molecule has 1 aromatic carbocycles. The molecule has 0 aliphatic carbocycles. The van der Waals surface area contributed by atoms with E-state index in [1.54, 1.807) is 32.4 Å². The van der Waals surface area contributed by atoms with Crippen molar-refractivity contribution in [1.29, 1.82) is 0 Å². The summed E-state index contributed by atoms with van der Waals surface area (Å²) in [5.41, 5.74) is 1.22. The first kappa shape index (κ1) is 14.0. The molecular weight excluding hydrogens is 235 g/mol. The van der Waals surface area contributed by atoms with Crippen molar-refractivity contribution in [2.24, 2.45) is 0 Å². The van der Waals surface area contributed by atoms with Gasteiger partial charge in [0.15, 0.2) is 5.52 Å². The molecule has 4 heteroatoms. The standard InChI is InChI=1S/C13H19O3P/c1-5-9(2)17-13(14)11-7-6-10(15-3)8-12(11)16-4/h6-9,17H,5H2,1-4H3. The fourth-order valence-electron chi connectivity index (χ4n) is 1.39. The third-order valence-electron chi connectivity index (χ3n) is 2.64. The van der Waals surface area contributed by atoms with Crippen LogP contribution in [-0.2, 0) is 0 Å². The van der Waals surface area contributed by atoms with E-state index in [4.69, 9.17) is 9.47 Å². The van der Waals surface area contributed by atoms with E-state index in [1.165, 1.54) is 0 Å². The molecule has 0 aliphatic rings. The zero-order valence-electron chi connectivity index (χ0n) is 10.7. The second-order valence-corrected chi connectivity index (χ2v) is 5.58. The van der Waals surface area contributed by atoms with E-state index >= 15 is 0 Å². The molecule has 0 heterocycles. The first-order valence-corrected chi connectivity index (χ1v) is 6.73. The van der Waals surface area contributed by atoms with Gasteiger partial charge in [-0.05, 0) is 32.8 Å². The van der Waals surface area contributed by atoms with Crippen molar-refractivity contribution >= 4 is 14.1 Å². The van der Waals surface area contributed by atoms with E-state index < -0.39 is 0 Å². The molecule has 3 nitrogen and oxygen atoms in total. The molecule has 2 atom stereocenters. The molecule has 94 valence electrons. The van der Waals surface area contributed by atoms with Gasteiger partial charge < -0.3 is 9.47 Å². The largest absolute Gasteiger partial charge is 0.497 e. The van der Waals surface area contributed by atoms with Crippen LogP contribution in [0.5, 0.6) is 11.5 Å². The van der Waals surface area contributed by atoms with Gasteiger partial charge >= 0.3 is 0 Å². The monoisotopic (exact) mass is 254 g/mol. The number of rotatable bonds is 6. The Morgan fingerprint density at radius 3 is 2.59 bits per heavy atom. The highest BCUT2D eigenvalue weighted by Crippen LogP contribution is 2.33. The van der Waals surface area contributed by atoms with Crippen LogP contribution in [0.4, 0.5) is 0 Å². The lowest BCUT2D eigenvalue weighted by molar-refractivity contribution is 0.108. The van der Waals surface area contributed by atoms with Gasteiger partial charge in [0.25, 0.3) is 0 Å². The van der Waals surface area contributed by atoms with Crippen molar-refractivity contribution in [3.8, 4) is 11.5 Å². The van der Waals surface area contributed by atoms with Crippen molar-refractivity contribution in [2.45, 2.75) is 25.9 Å². The van der Waals surface area contributed by atoms with Crippen LogP contribution in [0.15, 0.2) is 18.2 Å². The molecule has 0 bridgehead atoms. The summed E-state index contributed by atoms with van der Waals surface area (Å²) in [5, 5.41) is 0.